The number of amides is 1. The Labute approximate surface area is 144 Å². The van der Waals surface area contributed by atoms with E-state index in [-0.39, 0.29) is 17.9 Å². The summed E-state index contributed by atoms with van der Waals surface area (Å²) in [6.07, 6.45) is 1.93. The zero-order valence-electron chi connectivity index (χ0n) is 15.1. The lowest BCUT2D eigenvalue weighted by atomic mass is 9.89. The van der Waals surface area contributed by atoms with Crippen LogP contribution in [0.15, 0.2) is 24.4 Å². The Balaban J connectivity index is 1.92. The summed E-state index contributed by atoms with van der Waals surface area (Å²) < 4.78 is 0. The summed E-state index contributed by atoms with van der Waals surface area (Å²) in [5, 5.41) is 12.3. The number of H-pyrrole nitrogens is 1. The summed E-state index contributed by atoms with van der Waals surface area (Å²) in [7, 11) is 0. The average molecular weight is 331 g/mol. The number of carbonyl (C=O) groups excluding carboxylic acids is 1. The van der Waals surface area contributed by atoms with Gasteiger partial charge in [-0.25, -0.2) is 4.98 Å². The summed E-state index contributed by atoms with van der Waals surface area (Å²) in [4.78, 5) is 19.4. The van der Waals surface area contributed by atoms with Crippen LogP contribution in [0.5, 0.6) is 0 Å². The van der Waals surface area contributed by atoms with Gasteiger partial charge in [0.15, 0.2) is 6.04 Å². The molecule has 6 nitrogen and oxygen atoms in total. The van der Waals surface area contributed by atoms with Crippen molar-refractivity contribution in [2.45, 2.75) is 39.3 Å². The SMILES string of the molecule is CC(C)[C@@](C)(C#N)NC(=O)[C@H](C)[NH+]1CCN(c2cccc[nH+]2)CC1. The predicted octanol–water partition coefficient (Wildman–Crippen LogP) is -0.351. The summed E-state index contributed by atoms with van der Waals surface area (Å²) in [5.74, 6) is 1.15. The maximum atomic E-state index is 12.6. The molecule has 6 heteroatoms. The fraction of sp³-hybridized carbons (Fsp3) is 0.611. The minimum atomic E-state index is -0.814. The van der Waals surface area contributed by atoms with Crippen LogP contribution in [0.2, 0.25) is 0 Å². The van der Waals surface area contributed by atoms with Gasteiger partial charge >= 0.3 is 0 Å². The third-order valence-electron chi connectivity index (χ3n) is 5.21. The van der Waals surface area contributed by atoms with Crippen molar-refractivity contribution in [2.24, 2.45) is 5.92 Å². The second kappa shape index (κ2) is 7.63. The number of hydrogen-bond donors (Lipinski definition) is 2. The second-order valence-electron chi connectivity index (χ2n) is 7.07. The van der Waals surface area contributed by atoms with Gasteiger partial charge in [0.25, 0.3) is 11.7 Å². The highest BCUT2D eigenvalue weighted by Gasteiger charge is 2.37. The van der Waals surface area contributed by atoms with E-state index in [1.165, 1.54) is 4.90 Å². The predicted molar refractivity (Wildman–Crippen MR) is 92.4 cm³/mol. The fourth-order valence-corrected chi connectivity index (χ4v) is 2.90. The lowest BCUT2D eigenvalue weighted by Crippen LogP contribution is -3.19. The Morgan fingerprint density at radius 3 is 2.54 bits per heavy atom. The number of carbonyl (C=O) groups is 1. The number of pyridine rings is 1. The lowest BCUT2D eigenvalue weighted by Gasteiger charge is -2.34. The maximum Gasteiger partial charge on any atom is 0.279 e. The number of piperazine rings is 1. The molecule has 0 saturated carbocycles. The van der Waals surface area contributed by atoms with Crippen molar-refractivity contribution >= 4 is 11.7 Å². The van der Waals surface area contributed by atoms with Crippen molar-refractivity contribution in [1.29, 1.82) is 5.26 Å². The first-order valence-electron chi connectivity index (χ1n) is 8.67. The van der Waals surface area contributed by atoms with Gasteiger partial charge in [-0.15, -0.1) is 0 Å². The highest BCUT2D eigenvalue weighted by atomic mass is 16.2. The third kappa shape index (κ3) is 4.04. The van der Waals surface area contributed by atoms with E-state index in [0.29, 0.717) is 0 Å². The monoisotopic (exact) mass is 331 g/mol. The summed E-state index contributed by atoms with van der Waals surface area (Å²) in [6.45, 7) is 11.3. The zero-order chi connectivity index (χ0) is 17.7. The molecule has 1 aliphatic rings. The van der Waals surface area contributed by atoms with Crippen LogP contribution in [-0.4, -0.2) is 43.7 Å². The number of aromatic nitrogens is 1. The van der Waals surface area contributed by atoms with E-state index >= 15 is 0 Å². The van der Waals surface area contributed by atoms with Crippen molar-refractivity contribution in [1.82, 2.24) is 5.32 Å². The molecule has 1 aromatic heterocycles. The van der Waals surface area contributed by atoms with Crippen LogP contribution >= 0.6 is 0 Å². The van der Waals surface area contributed by atoms with Gasteiger partial charge in [0, 0.05) is 6.07 Å². The van der Waals surface area contributed by atoms with E-state index in [1.807, 2.05) is 39.1 Å². The normalized spacial score (nSPS) is 19.4. The quantitative estimate of drug-likeness (QED) is 0.774. The van der Waals surface area contributed by atoms with E-state index in [9.17, 15) is 10.1 Å². The van der Waals surface area contributed by atoms with E-state index in [0.717, 1.165) is 32.0 Å². The molecule has 0 unspecified atom stereocenters. The topological polar surface area (TPSA) is 74.7 Å². The smallest absolute Gasteiger partial charge is 0.279 e. The van der Waals surface area contributed by atoms with Crippen LogP contribution in [0.3, 0.4) is 0 Å². The van der Waals surface area contributed by atoms with Crippen LogP contribution < -0.4 is 20.1 Å². The first-order valence-corrected chi connectivity index (χ1v) is 8.67. The van der Waals surface area contributed by atoms with Gasteiger partial charge in [-0.2, -0.15) is 5.26 Å². The molecule has 24 heavy (non-hydrogen) atoms. The highest BCUT2D eigenvalue weighted by molar-refractivity contribution is 5.81. The van der Waals surface area contributed by atoms with Gasteiger partial charge in [0.2, 0.25) is 0 Å². The Hall–Kier alpha value is -2.13. The second-order valence-corrected chi connectivity index (χ2v) is 7.07. The highest BCUT2D eigenvalue weighted by Crippen LogP contribution is 2.15. The molecule has 1 fully saturated rings. The zero-order valence-corrected chi connectivity index (χ0v) is 15.1. The molecule has 0 aromatic carbocycles. The molecular weight excluding hydrogens is 302 g/mol. The van der Waals surface area contributed by atoms with Crippen molar-refractivity contribution in [3.05, 3.63) is 24.4 Å². The Kier molecular flexibility index (Phi) is 5.79. The molecule has 2 atom stereocenters. The molecule has 0 bridgehead atoms. The molecule has 3 N–H and O–H groups in total. The summed E-state index contributed by atoms with van der Waals surface area (Å²) >= 11 is 0. The number of rotatable bonds is 5. The largest absolute Gasteiger partial charge is 0.333 e. The Morgan fingerprint density at radius 2 is 2.04 bits per heavy atom. The minimum Gasteiger partial charge on any atom is -0.333 e. The number of nitrogens with one attached hydrogen (secondary N) is 3. The fourth-order valence-electron chi connectivity index (χ4n) is 2.90. The molecule has 1 amide bonds. The van der Waals surface area contributed by atoms with Gasteiger partial charge in [0.05, 0.1) is 12.3 Å². The van der Waals surface area contributed by atoms with Crippen LogP contribution in [-0.2, 0) is 4.79 Å². The number of nitrogens with zero attached hydrogens (tertiary/aromatic N) is 2. The number of quaternary nitrogens is 1. The van der Waals surface area contributed by atoms with Gasteiger partial charge in [-0.05, 0) is 25.8 Å². The molecule has 1 saturated heterocycles. The van der Waals surface area contributed by atoms with Crippen LogP contribution in [0.25, 0.3) is 0 Å². The van der Waals surface area contributed by atoms with Crippen LogP contribution in [0.1, 0.15) is 27.7 Å². The van der Waals surface area contributed by atoms with Gasteiger partial charge in [0.1, 0.15) is 31.7 Å². The number of aromatic amines is 1. The van der Waals surface area contributed by atoms with Crippen molar-refractivity contribution in [2.75, 3.05) is 31.1 Å². The van der Waals surface area contributed by atoms with Gasteiger partial charge in [-0.3, -0.25) is 9.69 Å². The third-order valence-corrected chi connectivity index (χ3v) is 5.21. The van der Waals surface area contributed by atoms with E-state index in [1.54, 1.807) is 6.92 Å². The molecule has 1 aliphatic heterocycles. The average Bonchev–Trinajstić information content (AvgIpc) is 2.61. The minimum absolute atomic E-state index is 0.0394. The van der Waals surface area contributed by atoms with Crippen molar-refractivity contribution < 1.29 is 14.7 Å². The first-order chi connectivity index (χ1) is 11.4. The Morgan fingerprint density at radius 1 is 1.38 bits per heavy atom. The van der Waals surface area contributed by atoms with Crippen LogP contribution in [0.4, 0.5) is 5.82 Å². The molecule has 130 valence electrons. The molecular formula is C18H29N5O+2. The first kappa shape index (κ1) is 18.2. The lowest BCUT2D eigenvalue weighted by molar-refractivity contribution is -0.914. The van der Waals surface area contributed by atoms with E-state index in [2.05, 4.69) is 27.3 Å². The van der Waals surface area contributed by atoms with Crippen LogP contribution in [0, 0.1) is 17.2 Å². The number of nitriles is 1. The van der Waals surface area contributed by atoms with E-state index in [4.69, 9.17) is 0 Å². The molecule has 0 radical (unpaired) electrons. The maximum absolute atomic E-state index is 12.6. The molecule has 0 aliphatic carbocycles. The Bertz CT molecular complexity index is 589. The molecule has 2 heterocycles. The van der Waals surface area contributed by atoms with E-state index < -0.39 is 5.54 Å². The van der Waals surface area contributed by atoms with Crippen molar-refractivity contribution in [3.8, 4) is 6.07 Å². The summed E-state index contributed by atoms with van der Waals surface area (Å²) in [5.41, 5.74) is -0.814. The molecule has 1 aromatic rings. The van der Waals surface area contributed by atoms with Gasteiger partial charge in [-0.1, -0.05) is 19.9 Å². The molecule has 2 rings (SSSR count). The number of anilines is 1. The van der Waals surface area contributed by atoms with Gasteiger partial charge < -0.3 is 10.2 Å². The number of hydrogen-bond acceptors (Lipinski definition) is 3. The molecule has 0 spiro atoms. The van der Waals surface area contributed by atoms with Crippen molar-refractivity contribution in [3.63, 3.8) is 0 Å². The summed E-state index contributed by atoms with van der Waals surface area (Å²) in [6, 6.07) is 8.15. The standard InChI is InChI=1S/C18H27N5O/c1-14(2)18(4,13-19)21-17(24)15(3)22-9-11-23(12-10-22)16-7-5-6-8-20-16/h5-8,14-15H,9-12H2,1-4H3,(H,21,24)/p+2/t15-,18+/m0/s1.